The monoisotopic (exact) mass is 364 g/mol. The number of hydrogen-bond donors (Lipinski definition) is 1. The number of benzene rings is 2. The van der Waals surface area contributed by atoms with Crippen molar-refractivity contribution in [3.8, 4) is 0 Å². The topological polar surface area (TPSA) is 49.4 Å². The number of sulfonamides is 1. The first-order valence-electron chi connectivity index (χ1n) is 7.96. The number of hydrogen-bond acceptors (Lipinski definition) is 3. The van der Waals surface area contributed by atoms with Crippen molar-refractivity contribution < 1.29 is 8.42 Å². The highest BCUT2D eigenvalue weighted by atomic mass is 35.5. The van der Waals surface area contributed by atoms with Crippen LogP contribution in [0.1, 0.15) is 17.5 Å². The molecule has 1 saturated heterocycles. The van der Waals surface area contributed by atoms with E-state index in [1.54, 1.807) is 19.1 Å². The molecule has 0 saturated carbocycles. The summed E-state index contributed by atoms with van der Waals surface area (Å²) in [5, 5.41) is 0.586. The fourth-order valence-electron chi connectivity index (χ4n) is 3.06. The molecule has 2 aromatic carbocycles. The van der Waals surface area contributed by atoms with Crippen LogP contribution in [-0.2, 0) is 10.0 Å². The third-order valence-corrected chi connectivity index (χ3v) is 6.45. The summed E-state index contributed by atoms with van der Waals surface area (Å²) in [6, 6.07) is 13.3. The maximum atomic E-state index is 12.7. The highest BCUT2D eigenvalue weighted by molar-refractivity contribution is 7.89. The minimum atomic E-state index is -3.55. The molecule has 0 amide bonds. The second-order valence-corrected chi connectivity index (χ2v) is 8.34. The van der Waals surface area contributed by atoms with Crippen molar-refractivity contribution in [3.05, 3.63) is 58.6 Å². The SMILES string of the molecule is Cc1cc(S(=O)(=O)N[C@H]2CCN(c3ccccc3)C2)c(C)cc1Cl. The molecule has 1 atom stereocenters. The van der Waals surface area contributed by atoms with Crippen LogP contribution in [0.15, 0.2) is 47.4 Å². The second kappa shape index (κ2) is 6.75. The number of para-hydroxylation sites is 1. The Morgan fingerprint density at radius 3 is 2.54 bits per heavy atom. The smallest absolute Gasteiger partial charge is 0.241 e. The lowest BCUT2D eigenvalue weighted by atomic mass is 10.2. The molecule has 0 aromatic heterocycles. The van der Waals surface area contributed by atoms with Gasteiger partial charge < -0.3 is 4.90 Å². The summed E-state index contributed by atoms with van der Waals surface area (Å²) in [5.74, 6) is 0. The van der Waals surface area contributed by atoms with Crippen LogP contribution >= 0.6 is 11.6 Å². The molecule has 24 heavy (non-hydrogen) atoms. The maximum Gasteiger partial charge on any atom is 0.241 e. The van der Waals surface area contributed by atoms with E-state index in [9.17, 15) is 8.42 Å². The average Bonchev–Trinajstić information content (AvgIpc) is 2.99. The predicted octanol–water partition coefficient (Wildman–Crippen LogP) is 3.51. The van der Waals surface area contributed by atoms with Crippen molar-refractivity contribution in [1.82, 2.24) is 4.72 Å². The van der Waals surface area contributed by atoms with Gasteiger partial charge in [-0.15, -0.1) is 0 Å². The zero-order chi connectivity index (χ0) is 17.3. The molecule has 6 heteroatoms. The molecule has 128 valence electrons. The molecule has 1 aliphatic rings. The normalized spacial score (nSPS) is 18.1. The molecule has 1 aliphatic heterocycles. The van der Waals surface area contributed by atoms with Crippen LogP contribution < -0.4 is 9.62 Å². The Morgan fingerprint density at radius 2 is 1.83 bits per heavy atom. The lowest BCUT2D eigenvalue weighted by molar-refractivity contribution is 0.560. The molecule has 0 radical (unpaired) electrons. The third-order valence-electron chi connectivity index (χ3n) is 4.38. The Bertz CT molecular complexity index is 838. The number of anilines is 1. The van der Waals surface area contributed by atoms with Gasteiger partial charge in [-0.1, -0.05) is 29.8 Å². The molecule has 0 aliphatic carbocycles. The standard InChI is InChI=1S/C18H21ClN2O2S/c1-13-11-18(14(2)10-17(13)19)24(22,23)20-15-8-9-21(12-15)16-6-4-3-5-7-16/h3-7,10-11,15,20H,8-9,12H2,1-2H3/t15-/m0/s1. The first-order chi connectivity index (χ1) is 11.4. The van der Waals surface area contributed by atoms with Gasteiger partial charge in [0.1, 0.15) is 0 Å². The zero-order valence-electron chi connectivity index (χ0n) is 13.8. The van der Waals surface area contributed by atoms with Crippen molar-refractivity contribution >= 4 is 27.3 Å². The molecule has 1 heterocycles. The van der Waals surface area contributed by atoms with Crippen molar-refractivity contribution in [1.29, 1.82) is 0 Å². The Labute approximate surface area is 148 Å². The van der Waals surface area contributed by atoms with Crippen LogP contribution in [0.3, 0.4) is 0 Å². The molecular formula is C18H21ClN2O2S. The lowest BCUT2D eigenvalue weighted by Crippen LogP contribution is -2.37. The van der Waals surface area contributed by atoms with Crippen molar-refractivity contribution in [2.24, 2.45) is 0 Å². The first-order valence-corrected chi connectivity index (χ1v) is 9.82. The van der Waals surface area contributed by atoms with E-state index in [0.29, 0.717) is 22.0 Å². The van der Waals surface area contributed by atoms with Crippen LogP contribution in [0, 0.1) is 13.8 Å². The molecule has 4 nitrogen and oxygen atoms in total. The van der Waals surface area contributed by atoms with Gasteiger partial charge in [-0.25, -0.2) is 13.1 Å². The van der Waals surface area contributed by atoms with Gasteiger partial charge in [0.15, 0.2) is 0 Å². The molecule has 3 rings (SSSR count). The van der Waals surface area contributed by atoms with E-state index in [1.165, 1.54) is 0 Å². The van der Waals surface area contributed by atoms with Crippen molar-refractivity contribution in [3.63, 3.8) is 0 Å². The van der Waals surface area contributed by atoms with E-state index >= 15 is 0 Å². The van der Waals surface area contributed by atoms with Crippen LogP contribution in [0.25, 0.3) is 0 Å². The first kappa shape index (κ1) is 17.3. The average molecular weight is 365 g/mol. The predicted molar refractivity (Wildman–Crippen MR) is 98.3 cm³/mol. The zero-order valence-corrected chi connectivity index (χ0v) is 15.4. The molecule has 0 bridgehead atoms. The Morgan fingerprint density at radius 1 is 1.12 bits per heavy atom. The Hall–Kier alpha value is -1.56. The third kappa shape index (κ3) is 3.58. The minimum absolute atomic E-state index is 0.0920. The quantitative estimate of drug-likeness (QED) is 0.903. The minimum Gasteiger partial charge on any atom is -0.370 e. The van der Waals surface area contributed by atoms with E-state index in [0.717, 1.165) is 24.2 Å². The van der Waals surface area contributed by atoms with E-state index in [2.05, 4.69) is 9.62 Å². The summed E-state index contributed by atoms with van der Waals surface area (Å²) in [6.45, 7) is 5.10. The molecule has 0 unspecified atom stereocenters. The molecule has 1 N–H and O–H groups in total. The van der Waals surface area contributed by atoms with E-state index in [4.69, 9.17) is 11.6 Å². The van der Waals surface area contributed by atoms with Gasteiger partial charge in [0, 0.05) is 29.8 Å². The largest absolute Gasteiger partial charge is 0.370 e. The van der Waals surface area contributed by atoms with Crippen LogP contribution in [0.4, 0.5) is 5.69 Å². The summed E-state index contributed by atoms with van der Waals surface area (Å²) in [5.41, 5.74) is 2.55. The van der Waals surface area contributed by atoms with Gasteiger partial charge in [0.05, 0.1) is 4.90 Å². The highest BCUT2D eigenvalue weighted by Crippen LogP contribution is 2.25. The summed E-state index contributed by atoms with van der Waals surface area (Å²) < 4.78 is 28.3. The summed E-state index contributed by atoms with van der Waals surface area (Å²) in [4.78, 5) is 2.51. The fourth-order valence-corrected chi connectivity index (χ4v) is 4.85. The van der Waals surface area contributed by atoms with Crippen LogP contribution in [0.2, 0.25) is 5.02 Å². The Balaban J connectivity index is 1.75. The summed E-state index contributed by atoms with van der Waals surface area (Å²) in [6.07, 6.45) is 0.791. The van der Waals surface area contributed by atoms with E-state index < -0.39 is 10.0 Å². The van der Waals surface area contributed by atoms with Gasteiger partial charge in [0.2, 0.25) is 10.0 Å². The van der Waals surface area contributed by atoms with Crippen molar-refractivity contribution in [2.75, 3.05) is 18.0 Å². The fraction of sp³-hybridized carbons (Fsp3) is 0.333. The van der Waals surface area contributed by atoms with Gasteiger partial charge in [-0.05, 0) is 55.7 Å². The van der Waals surface area contributed by atoms with E-state index in [-0.39, 0.29) is 6.04 Å². The molecular weight excluding hydrogens is 344 g/mol. The van der Waals surface area contributed by atoms with Gasteiger partial charge in [0.25, 0.3) is 0 Å². The number of nitrogens with one attached hydrogen (secondary N) is 1. The van der Waals surface area contributed by atoms with Gasteiger partial charge in [-0.3, -0.25) is 0 Å². The van der Waals surface area contributed by atoms with E-state index in [1.807, 2.05) is 37.3 Å². The number of aryl methyl sites for hydroxylation is 2. The van der Waals surface area contributed by atoms with Gasteiger partial charge >= 0.3 is 0 Å². The summed E-state index contributed by atoms with van der Waals surface area (Å²) >= 11 is 6.07. The second-order valence-electron chi connectivity index (χ2n) is 6.26. The number of halogens is 1. The number of nitrogens with zero attached hydrogens (tertiary/aromatic N) is 1. The highest BCUT2D eigenvalue weighted by Gasteiger charge is 2.28. The molecule has 1 fully saturated rings. The van der Waals surface area contributed by atoms with Crippen molar-refractivity contribution in [2.45, 2.75) is 31.2 Å². The molecule has 2 aromatic rings. The van der Waals surface area contributed by atoms with Crippen LogP contribution in [-0.4, -0.2) is 27.5 Å². The maximum absolute atomic E-state index is 12.7. The van der Waals surface area contributed by atoms with Gasteiger partial charge in [-0.2, -0.15) is 0 Å². The molecule has 0 spiro atoms. The number of rotatable bonds is 4. The lowest BCUT2D eigenvalue weighted by Gasteiger charge is -2.19. The summed E-state index contributed by atoms with van der Waals surface area (Å²) in [7, 11) is -3.55. The Kier molecular flexibility index (Phi) is 4.85. The van der Waals surface area contributed by atoms with Crippen LogP contribution in [0.5, 0.6) is 0 Å².